The summed E-state index contributed by atoms with van der Waals surface area (Å²) in [6.07, 6.45) is 1.34. The summed E-state index contributed by atoms with van der Waals surface area (Å²) in [6.45, 7) is 0.178. The van der Waals surface area contributed by atoms with Crippen molar-refractivity contribution in [3.8, 4) is 11.5 Å². The maximum absolute atomic E-state index is 11.8. The van der Waals surface area contributed by atoms with Gasteiger partial charge in [-0.1, -0.05) is 18.2 Å². The Morgan fingerprint density at radius 1 is 1.26 bits per heavy atom. The first kappa shape index (κ1) is 14.8. The molecule has 1 aromatic heterocycles. The number of nitrogens with zero attached hydrogens (tertiary/aromatic N) is 1. The highest BCUT2D eigenvalue weighted by molar-refractivity contribution is 6.05. The van der Waals surface area contributed by atoms with E-state index in [0.29, 0.717) is 11.6 Å². The van der Waals surface area contributed by atoms with E-state index in [2.05, 4.69) is 20.9 Å². The second-order valence-corrected chi connectivity index (χ2v) is 5.01. The smallest absolute Gasteiger partial charge is 0.322 e. The van der Waals surface area contributed by atoms with E-state index in [0.717, 1.165) is 5.56 Å². The van der Waals surface area contributed by atoms with Gasteiger partial charge in [0.15, 0.2) is 0 Å². The standard InChI is InChI=1S/C15H14N4O4/c20-12(6-11-13(21)19-15(22)18-11)16-7-10-8-23-14(17-10)9-4-2-1-3-5-9/h1-5,8,11H,6-7H2,(H,16,20)(H2,18,19,21,22). The first-order valence-electron chi connectivity index (χ1n) is 7.00. The van der Waals surface area contributed by atoms with Crippen molar-refractivity contribution >= 4 is 17.8 Å². The van der Waals surface area contributed by atoms with Crippen LogP contribution in [0.3, 0.4) is 0 Å². The first-order chi connectivity index (χ1) is 11.1. The monoisotopic (exact) mass is 314 g/mol. The summed E-state index contributed by atoms with van der Waals surface area (Å²) in [5.41, 5.74) is 1.41. The van der Waals surface area contributed by atoms with Crippen LogP contribution in [-0.2, 0) is 16.1 Å². The van der Waals surface area contributed by atoms with E-state index in [1.54, 1.807) is 0 Å². The molecular formula is C15H14N4O4. The van der Waals surface area contributed by atoms with Crippen molar-refractivity contribution < 1.29 is 18.8 Å². The van der Waals surface area contributed by atoms with Gasteiger partial charge in [-0.2, -0.15) is 0 Å². The quantitative estimate of drug-likeness (QED) is 0.698. The Morgan fingerprint density at radius 3 is 2.74 bits per heavy atom. The number of carbonyl (C=O) groups excluding carboxylic acids is 3. The maximum Gasteiger partial charge on any atom is 0.322 e. The third-order valence-electron chi connectivity index (χ3n) is 3.29. The molecule has 0 spiro atoms. The third kappa shape index (κ3) is 3.54. The number of hydrogen-bond donors (Lipinski definition) is 3. The van der Waals surface area contributed by atoms with Crippen molar-refractivity contribution in [2.45, 2.75) is 19.0 Å². The summed E-state index contributed by atoms with van der Waals surface area (Å²) >= 11 is 0. The van der Waals surface area contributed by atoms with E-state index in [-0.39, 0.29) is 18.9 Å². The lowest BCUT2D eigenvalue weighted by Gasteiger charge is -2.06. The van der Waals surface area contributed by atoms with Gasteiger partial charge in [0.25, 0.3) is 5.91 Å². The molecule has 4 amide bonds. The maximum atomic E-state index is 11.8. The minimum atomic E-state index is -0.834. The minimum Gasteiger partial charge on any atom is -0.444 e. The van der Waals surface area contributed by atoms with Crippen LogP contribution >= 0.6 is 0 Å². The highest BCUT2D eigenvalue weighted by Gasteiger charge is 2.31. The molecule has 8 nitrogen and oxygen atoms in total. The molecule has 0 saturated carbocycles. The third-order valence-corrected chi connectivity index (χ3v) is 3.29. The highest BCUT2D eigenvalue weighted by atomic mass is 16.3. The zero-order valence-corrected chi connectivity index (χ0v) is 12.0. The number of imide groups is 1. The summed E-state index contributed by atoms with van der Waals surface area (Å²) in [4.78, 5) is 38.4. The Hall–Kier alpha value is -3.16. The zero-order valence-electron chi connectivity index (χ0n) is 12.0. The van der Waals surface area contributed by atoms with E-state index in [4.69, 9.17) is 4.42 Å². The molecule has 2 aromatic rings. The topological polar surface area (TPSA) is 113 Å². The molecule has 3 rings (SSSR count). The first-order valence-corrected chi connectivity index (χ1v) is 7.00. The van der Waals surface area contributed by atoms with Crippen molar-refractivity contribution in [3.63, 3.8) is 0 Å². The van der Waals surface area contributed by atoms with Crippen LogP contribution in [-0.4, -0.2) is 28.9 Å². The van der Waals surface area contributed by atoms with Crippen LogP contribution in [0.4, 0.5) is 4.79 Å². The lowest BCUT2D eigenvalue weighted by Crippen LogP contribution is -2.36. The largest absolute Gasteiger partial charge is 0.444 e. The SMILES string of the molecule is O=C(CC1NC(=O)NC1=O)NCc1coc(-c2ccccc2)n1. The average molecular weight is 314 g/mol. The van der Waals surface area contributed by atoms with Crippen molar-refractivity contribution in [1.29, 1.82) is 0 Å². The second kappa shape index (κ2) is 6.30. The second-order valence-electron chi connectivity index (χ2n) is 5.01. The summed E-state index contributed by atoms with van der Waals surface area (Å²) in [5, 5.41) is 7.07. The molecule has 2 heterocycles. The lowest BCUT2D eigenvalue weighted by atomic mass is 10.2. The Kier molecular flexibility index (Phi) is 4.05. The van der Waals surface area contributed by atoms with Crippen LogP contribution in [0.2, 0.25) is 0 Å². The van der Waals surface area contributed by atoms with Crippen molar-refractivity contribution in [2.24, 2.45) is 0 Å². The summed E-state index contributed by atoms with van der Waals surface area (Å²) in [7, 11) is 0. The molecule has 0 aliphatic carbocycles. The molecule has 23 heavy (non-hydrogen) atoms. The van der Waals surface area contributed by atoms with E-state index >= 15 is 0 Å². The molecule has 1 atom stereocenters. The van der Waals surface area contributed by atoms with Gasteiger partial charge < -0.3 is 15.1 Å². The zero-order chi connectivity index (χ0) is 16.2. The van der Waals surface area contributed by atoms with E-state index in [1.807, 2.05) is 30.3 Å². The fourth-order valence-electron chi connectivity index (χ4n) is 2.15. The van der Waals surface area contributed by atoms with Gasteiger partial charge in [-0.05, 0) is 12.1 Å². The molecule has 1 saturated heterocycles. The Labute approximate surface area is 131 Å². The Balaban J connectivity index is 1.53. The molecule has 8 heteroatoms. The molecular weight excluding hydrogens is 300 g/mol. The summed E-state index contributed by atoms with van der Waals surface area (Å²) < 4.78 is 5.36. The molecule has 0 radical (unpaired) electrons. The Morgan fingerprint density at radius 2 is 2.04 bits per heavy atom. The molecule has 118 valence electrons. The van der Waals surface area contributed by atoms with Crippen LogP contribution in [0, 0.1) is 0 Å². The number of oxazole rings is 1. The fourth-order valence-corrected chi connectivity index (χ4v) is 2.15. The number of nitrogens with one attached hydrogen (secondary N) is 3. The summed E-state index contributed by atoms with van der Waals surface area (Å²) in [5.74, 6) is -0.396. The number of hydrogen-bond acceptors (Lipinski definition) is 5. The van der Waals surface area contributed by atoms with E-state index in [9.17, 15) is 14.4 Å². The number of aromatic nitrogens is 1. The average Bonchev–Trinajstić information content (AvgIpc) is 3.13. The number of rotatable bonds is 5. The van der Waals surface area contributed by atoms with Crippen LogP contribution in [0.1, 0.15) is 12.1 Å². The minimum absolute atomic E-state index is 0.124. The molecule has 1 unspecified atom stereocenters. The van der Waals surface area contributed by atoms with Crippen LogP contribution < -0.4 is 16.0 Å². The fraction of sp³-hybridized carbons (Fsp3) is 0.200. The predicted molar refractivity (Wildman–Crippen MR) is 78.9 cm³/mol. The molecule has 1 aliphatic rings. The highest BCUT2D eigenvalue weighted by Crippen LogP contribution is 2.17. The van der Waals surface area contributed by atoms with Gasteiger partial charge in [-0.15, -0.1) is 0 Å². The molecule has 1 fully saturated rings. The molecule has 1 aromatic carbocycles. The van der Waals surface area contributed by atoms with Gasteiger partial charge in [-0.25, -0.2) is 9.78 Å². The van der Waals surface area contributed by atoms with Gasteiger partial charge in [0, 0.05) is 5.56 Å². The van der Waals surface area contributed by atoms with Crippen LogP contribution in [0.25, 0.3) is 11.5 Å². The van der Waals surface area contributed by atoms with Crippen LogP contribution in [0.5, 0.6) is 0 Å². The van der Waals surface area contributed by atoms with E-state index < -0.39 is 18.0 Å². The number of urea groups is 1. The Bertz CT molecular complexity index is 741. The molecule has 0 bridgehead atoms. The van der Waals surface area contributed by atoms with Crippen molar-refractivity contribution in [3.05, 3.63) is 42.3 Å². The van der Waals surface area contributed by atoms with Gasteiger partial charge in [0.2, 0.25) is 11.8 Å². The van der Waals surface area contributed by atoms with Gasteiger partial charge in [0.05, 0.1) is 18.7 Å². The number of carbonyl (C=O) groups is 3. The van der Waals surface area contributed by atoms with Gasteiger partial charge >= 0.3 is 6.03 Å². The van der Waals surface area contributed by atoms with Gasteiger partial charge in [0.1, 0.15) is 12.3 Å². The van der Waals surface area contributed by atoms with E-state index in [1.165, 1.54) is 6.26 Å². The lowest BCUT2D eigenvalue weighted by molar-refractivity contribution is -0.126. The van der Waals surface area contributed by atoms with Crippen molar-refractivity contribution in [1.82, 2.24) is 20.9 Å². The summed E-state index contributed by atoms with van der Waals surface area (Å²) in [6, 6.07) is 7.97. The van der Waals surface area contributed by atoms with Crippen LogP contribution in [0.15, 0.2) is 41.0 Å². The predicted octanol–water partition coefficient (Wildman–Crippen LogP) is 0.556. The number of benzene rings is 1. The van der Waals surface area contributed by atoms with Crippen molar-refractivity contribution in [2.75, 3.05) is 0 Å². The molecule has 3 N–H and O–H groups in total. The normalized spacial score (nSPS) is 16.8. The van der Waals surface area contributed by atoms with Gasteiger partial charge in [-0.3, -0.25) is 14.9 Å². The molecule has 1 aliphatic heterocycles. The number of amides is 4.